The van der Waals surface area contributed by atoms with Crippen LogP contribution in [-0.4, -0.2) is 19.2 Å². The molecule has 0 fully saturated rings. The number of ether oxygens (including phenoxy) is 1. The number of carbonyl (C=O) groups excluding carboxylic acids is 1. The Kier molecular flexibility index (Phi) is 5.47. The summed E-state index contributed by atoms with van der Waals surface area (Å²) in [7, 11) is 0. The Labute approximate surface area is 130 Å². The van der Waals surface area contributed by atoms with E-state index in [0.717, 1.165) is 22.6 Å². The lowest BCUT2D eigenvalue weighted by Gasteiger charge is -2.11. The third kappa shape index (κ3) is 4.55. The molecule has 5 heteroatoms. The molecule has 2 aromatic rings. The summed E-state index contributed by atoms with van der Waals surface area (Å²) in [5.41, 5.74) is 3.33. The average molecular weight is 302 g/mol. The van der Waals surface area contributed by atoms with Crippen molar-refractivity contribution in [2.75, 3.05) is 13.2 Å². The molecule has 2 amide bonds. The van der Waals surface area contributed by atoms with Gasteiger partial charge in [0, 0.05) is 0 Å². The van der Waals surface area contributed by atoms with Gasteiger partial charge in [-0.2, -0.15) is 0 Å². The van der Waals surface area contributed by atoms with Crippen LogP contribution in [0, 0.1) is 20.8 Å². The lowest BCUT2D eigenvalue weighted by Crippen LogP contribution is -2.37. The standard InChI is InChI=1S/C17H22N2O3/c1-12-4-5-15(14(3)10-12)22-9-7-18-17(20)19-11-16-13(2)6-8-21-16/h4-6,8,10H,7,9,11H2,1-3H3,(H2,18,19,20). The number of hydrogen-bond acceptors (Lipinski definition) is 3. The van der Waals surface area contributed by atoms with Gasteiger partial charge in [0.25, 0.3) is 0 Å². The third-order valence-electron chi connectivity index (χ3n) is 3.35. The van der Waals surface area contributed by atoms with Crippen LogP contribution < -0.4 is 15.4 Å². The van der Waals surface area contributed by atoms with Crippen molar-refractivity contribution in [3.05, 3.63) is 53.0 Å². The molecule has 0 aliphatic heterocycles. The number of carbonyl (C=O) groups is 1. The van der Waals surface area contributed by atoms with E-state index in [0.29, 0.717) is 19.7 Å². The van der Waals surface area contributed by atoms with E-state index in [2.05, 4.69) is 16.7 Å². The highest BCUT2D eigenvalue weighted by molar-refractivity contribution is 5.73. The van der Waals surface area contributed by atoms with Crippen LogP contribution >= 0.6 is 0 Å². The molecular formula is C17H22N2O3. The number of amides is 2. The van der Waals surface area contributed by atoms with Gasteiger partial charge in [-0.3, -0.25) is 0 Å². The number of urea groups is 1. The van der Waals surface area contributed by atoms with Gasteiger partial charge in [-0.15, -0.1) is 0 Å². The smallest absolute Gasteiger partial charge is 0.315 e. The monoisotopic (exact) mass is 302 g/mol. The molecule has 0 atom stereocenters. The maximum Gasteiger partial charge on any atom is 0.315 e. The number of furan rings is 1. The van der Waals surface area contributed by atoms with E-state index in [1.54, 1.807) is 6.26 Å². The van der Waals surface area contributed by atoms with Crippen LogP contribution in [0.4, 0.5) is 4.79 Å². The number of nitrogens with one attached hydrogen (secondary N) is 2. The van der Waals surface area contributed by atoms with Crippen LogP contribution in [0.25, 0.3) is 0 Å². The summed E-state index contributed by atoms with van der Waals surface area (Å²) in [6.45, 7) is 7.24. The fourth-order valence-electron chi connectivity index (χ4n) is 2.10. The molecular weight excluding hydrogens is 280 g/mol. The molecule has 0 radical (unpaired) electrons. The Morgan fingerprint density at radius 2 is 1.95 bits per heavy atom. The van der Waals surface area contributed by atoms with Crippen molar-refractivity contribution in [1.82, 2.24) is 10.6 Å². The Morgan fingerprint density at radius 1 is 1.14 bits per heavy atom. The Hall–Kier alpha value is -2.43. The minimum atomic E-state index is -0.236. The van der Waals surface area contributed by atoms with Gasteiger partial charge in [0.2, 0.25) is 0 Å². The van der Waals surface area contributed by atoms with E-state index in [4.69, 9.17) is 9.15 Å². The SMILES string of the molecule is Cc1ccc(OCCNC(=O)NCc2occc2C)c(C)c1. The molecule has 2 N–H and O–H groups in total. The molecule has 5 nitrogen and oxygen atoms in total. The van der Waals surface area contributed by atoms with Gasteiger partial charge in [0.15, 0.2) is 0 Å². The summed E-state index contributed by atoms with van der Waals surface area (Å²) in [4.78, 5) is 11.7. The van der Waals surface area contributed by atoms with Gasteiger partial charge in [-0.05, 0) is 44.0 Å². The molecule has 0 saturated heterocycles. The first-order chi connectivity index (χ1) is 10.6. The molecule has 1 aromatic heterocycles. The molecule has 0 aliphatic carbocycles. The van der Waals surface area contributed by atoms with Crippen molar-refractivity contribution in [2.24, 2.45) is 0 Å². The molecule has 22 heavy (non-hydrogen) atoms. The summed E-state index contributed by atoms with van der Waals surface area (Å²) in [5, 5.41) is 5.49. The molecule has 0 unspecified atom stereocenters. The molecule has 2 rings (SSSR count). The highest BCUT2D eigenvalue weighted by Gasteiger charge is 2.05. The quantitative estimate of drug-likeness (QED) is 0.806. The first-order valence-corrected chi connectivity index (χ1v) is 7.31. The summed E-state index contributed by atoms with van der Waals surface area (Å²) < 4.78 is 10.9. The lowest BCUT2D eigenvalue weighted by molar-refractivity contribution is 0.235. The van der Waals surface area contributed by atoms with Crippen LogP contribution in [0.5, 0.6) is 5.75 Å². The highest BCUT2D eigenvalue weighted by Crippen LogP contribution is 2.18. The summed E-state index contributed by atoms with van der Waals surface area (Å²) in [5.74, 6) is 1.61. The maximum absolute atomic E-state index is 11.7. The number of hydrogen-bond donors (Lipinski definition) is 2. The topological polar surface area (TPSA) is 63.5 Å². The predicted octanol–water partition coefficient (Wildman–Crippen LogP) is 3.08. The van der Waals surface area contributed by atoms with E-state index >= 15 is 0 Å². The molecule has 0 spiro atoms. The van der Waals surface area contributed by atoms with Gasteiger partial charge in [-0.25, -0.2) is 4.79 Å². The normalized spacial score (nSPS) is 10.3. The van der Waals surface area contributed by atoms with Gasteiger partial charge < -0.3 is 19.8 Å². The predicted molar refractivity (Wildman–Crippen MR) is 85.1 cm³/mol. The Bertz CT molecular complexity index is 635. The van der Waals surface area contributed by atoms with Crippen molar-refractivity contribution < 1.29 is 13.9 Å². The first-order valence-electron chi connectivity index (χ1n) is 7.31. The zero-order valence-electron chi connectivity index (χ0n) is 13.2. The molecule has 1 aromatic carbocycles. The number of benzene rings is 1. The van der Waals surface area contributed by atoms with Gasteiger partial charge in [-0.1, -0.05) is 17.7 Å². The second kappa shape index (κ2) is 7.54. The molecule has 0 bridgehead atoms. The fraction of sp³-hybridized carbons (Fsp3) is 0.353. The summed E-state index contributed by atoms with van der Waals surface area (Å²) in [6.07, 6.45) is 1.61. The second-order valence-corrected chi connectivity index (χ2v) is 5.25. The highest BCUT2D eigenvalue weighted by atomic mass is 16.5. The summed E-state index contributed by atoms with van der Waals surface area (Å²) in [6, 6.07) is 7.66. The second-order valence-electron chi connectivity index (χ2n) is 5.25. The zero-order valence-corrected chi connectivity index (χ0v) is 13.2. The Balaban J connectivity index is 1.66. The molecule has 118 valence electrons. The van der Waals surface area contributed by atoms with Gasteiger partial charge in [0.1, 0.15) is 18.1 Å². The van der Waals surface area contributed by atoms with E-state index < -0.39 is 0 Å². The van der Waals surface area contributed by atoms with Crippen molar-refractivity contribution in [3.8, 4) is 5.75 Å². The van der Waals surface area contributed by atoms with Gasteiger partial charge >= 0.3 is 6.03 Å². The minimum absolute atomic E-state index is 0.236. The van der Waals surface area contributed by atoms with Gasteiger partial charge in [0.05, 0.1) is 19.4 Å². The Morgan fingerprint density at radius 3 is 2.64 bits per heavy atom. The fourth-order valence-corrected chi connectivity index (χ4v) is 2.10. The van der Waals surface area contributed by atoms with E-state index in [1.807, 2.05) is 39.0 Å². The van der Waals surface area contributed by atoms with E-state index in [-0.39, 0.29) is 6.03 Å². The number of aryl methyl sites for hydroxylation is 3. The maximum atomic E-state index is 11.7. The zero-order chi connectivity index (χ0) is 15.9. The lowest BCUT2D eigenvalue weighted by atomic mass is 10.1. The van der Waals surface area contributed by atoms with Crippen LogP contribution in [0.2, 0.25) is 0 Å². The van der Waals surface area contributed by atoms with Crippen LogP contribution in [-0.2, 0) is 6.54 Å². The molecule has 1 heterocycles. The van der Waals surface area contributed by atoms with E-state index in [9.17, 15) is 4.79 Å². The van der Waals surface area contributed by atoms with Crippen LogP contribution in [0.15, 0.2) is 34.9 Å². The molecule has 0 aliphatic rings. The average Bonchev–Trinajstić information content (AvgIpc) is 2.88. The molecule has 0 saturated carbocycles. The largest absolute Gasteiger partial charge is 0.491 e. The van der Waals surface area contributed by atoms with Crippen molar-refractivity contribution in [1.29, 1.82) is 0 Å². The van der Waals surface area contributed by atoms with Crippen molar-refractivity contribution >= 4 is 6.03 Å². The van der Waals surface area contributed by atoms with Crippen molar-refractivity contribution in [3.63, 3.8) is 0 Å². The minimum Gasteiger partial charge on any atom is -0.491 e. The number of rotatable bonds is 6. The van der Waals surface area contributed by atoms with E-state index in [1.165, 1.54) is 5.56 Å². The van der Waals surface area contributed by atoms with Crippen LogP contribution in [0.3, 0.4) is 0 Å². The van der Waals surface area contributed by atoms with Crippen LogP contribution in [0.1, 0.15) is 22.5 Å². The first kappa shape index (κ1) is 15.9. The third-order valence-corrected chi connectivity index (χ3v) is 3.35. The van der Waals surface area contributed by atoms with Crippen molar-refractivity contribution in [2.45, 2.75) is 27.3 Å². The summed E-state index contributed by atoms with van der Waals surface area (Å²) >= 11 is 0.